The predicted molar refractivity (Wildman–Crippen MR) is 95.3 cm³/mol. The minimum Gasteiger partial charge on any atom is -0.493 e. The fourth-order valence-corrected chi connectivity index (χ4v) is 5.26. The largest absolute Gasteiger partial charge is 0.493 e. The van der Waals surface area contributed by atoms with E-state index in [-0.39, 0.29) is 5.92 Å². The third kappa shape index (κ3) is 3.24. The minimum absolute atomic E-state index is 0.00420. The van der Waals surface area contributed by atoms with Crippen LogP contribution in [0.5, 0.6) is 5.75 Å². The van der Waals surface area contributed by atoms with Crippen molar-refractivity contribution in [2.75, 3.05) is 19.7 Å². The third-order valence-corrected chi connectivity index (χ3v) is 7.16. The molecule has 0 aliphatic carbocycles. The Morgan fingerprint density at radius 2 is 2.12 bits per heavy atom. The van der Waals surface area contributed by atoms with Crippen LogP contribution in [0.25, 0.3) is 0 Å². The number of benzene rings is 1. The molecule has 7 nitrogen and oxygen atoms in total. The van der Waals surface area contributed by atoms with Crippen LogP contribution in [0.4, 0.5) is 0 Å². The number of aromatic amines is 1. The van der Waals surface area contributed by atoms with Gasteiger partial charge < -0.3 is 14.8 Å². The molecule has 2 aromatic rings. The van der Waals surface area contributed by atoms with Crippen LogP contribution >= 0.6 is 0 Å². The molecule has 2 aliphatic heterocycles. The van der Waals surface area contributed by atoms with Gasteiger partial charge in [0.15, 0.2) is 0 Å². The van der Waals surface area contributed by atoms with E-state index in [2.05, 4.69) is 9.97 Å². The lowest BCUT2D eigenvalue weighted by molar-refractivity contribution is 0.0696. The average Bonchev–Trinajstić information content (AvgIpc) is 3.22. The maximum Gasteiger partial charge on any atom is 0.243 e. The molecule has 0 saturated carbocycles. The van der Waals surface area contributed by atoms with Crippen LogP contribution in [-0.4, -0.2) is 47.5 Å². The summed E-state index contributed by atoms with van der Waals surface area (Å²) in [6.07, 6.45) is 5.57. The molecule has 140 valence electrons. The molecule has 1 aromatic carbocycles. The van der Waals surface area contributed by atoms with Gasteiger partial charge in [-0.2, -0.15) is 4.31 Å². The lowest BCUT2D eigenvalue weighted by Gasteiger charge is -2.33. The van der Waals surface area contributed by atoms with E-state index in [1.807, 2.05) is 0 Å². The van der Waals surface area contributed by atoms with E-state index >= 15 is 0 Å². The number of nitrogens with one attached hydrogen (secondary N) is 1. The van der Waals surface area contributed by atoms with Gasteiger partial charge in [-0.3, -0.25) is 0 Å². The molecule has 2 aliphatic rings. The zero-order chi connectivity index (χ0) is 18.1. The fourth-order valence-electron chi connectivity index (χ4n) is 3.74. The van der Waals surface area contributed by atoms with E-state index in [0.717, 1.165) is 24.2 Å². The molecule has 4 rings (SSSR count). The van der Waals surface area contributed by atoms with Crippen molar-refractivity contribution < 1.29 is 18.3 Å². The van der Waals surface area contributed by atoms with Gasteiger partial charge in [-0.05, 0) is 55.4 Å². The first-order chi connectivity index (χ1) is 12.6. The summed E-state index contributed by atoms with van der Waals surface area (Å²) in [6.45, 7) is 1.49. The van der Waals surface area contributed by atoms with Gasteiger partial charge >= 0.3 is 0 Å². The van der Waals surface area contributed by atoms with Crippen molar-refractivity contribution in [3.05, 3.63) is 42.0 Å². The SMILES string of the molecule is O=S(=O)(c1ccc2c(c1)CCCO2)N1CCC(C(O)c2ncc[nH]2)CC1. The topological polar surface area (TPSA) is 95.5 Å². The average molecular weight is 377 g/mol. The number of aryl methyl sites for hydroxylation is 1. The second-order valence-electron chi connectivity index (χ2n) is 6.88. The van der Waals surface area contributed by atoms with Gasteiger partial charge in [-0.15, -0.1) is 0 Å². The molecular weight excluding hydrogens is 354 g/mol. The number of aromatic nitrogens is 2. The van der Waals surface area contributed by atoms with Gasteiger partial charge in [0, 0.05) is 25.5 Å². The first-order valence-electron chi connectivity index (χ1n) is 8.99. The van der Waals surface area contributed by atoms with Crippen molar-refractivity contribution >= 4 is 10.0 Å². The van der Waals surface area contributed by atoms with Gasteiger partial charge in [0.05, 0.1) is 11.5 Å². The van der Waals surface area contributed by atoms with Crippen molar-refractivity contribution in [3.8, 4) is 5.75 Å². The second kappa shape index (κ2) is 7.02. The molecule has 26 heavy (non-hydrogen) atoms. The van der Waals surface area contributed by atoms with Crippen molar-refractivity contribution in [1.82, 2.24) is 14.3 Å². The number of ether oxygens (including phenoxy) is 1. The normalized spacial score (nSPS) is 20.3. The molecule has 1 atom stereocenters. The summed E-state index contributed by atoms with van der Waals surface area (Å²) < 4.78 is 33.0. The number of hydrogen-bond donors (Lipinski definition) is 2. The van der Waals surface area contributed by atoms with Crippen LogP contribution in [0.3, 0.4) is 0 Å². The van der Waals surface area contributed by atoms with Crippen molar-refractivity contribution in [2.45, 2.75) is 36.7 Å². The summed E-state index contributed by atoms with van der Waals surface area (Å²) in [5.74, 6) is 1.33. The van der Waals surface area contributed by atoms with Crippen LogP contribution in [0.15, 0.2) is 35.5 Å². The Morgan fingerprint density at radius 1 is 1.31 bits per heavy atom. The lowest BCUT2D eigenvalue weighted by Crippen LogP contribution is -2.39. The smallest absolute Gasteiger partial charge is 0.243 e. The predicted octanol–water partition coefficient (Wildman–Crippen LogP) is 1.87. The van der Waals surface area contributed by atoms with E-state index in [1.165, 1.54) is 4.31 Å². The van der Waals surface area contributed by atoms with E-state index in [9.17, 15) is 13.5 Å². The van der Waals surface area contributed by atoms with Crippen molar-refractivity contribution in [1.29, 1.82) is 0 Å². The number of rotatable bonds is 4. The summed E-state index contributed by atoms with van der Waals surface area (Å²) in [6, 6.07) is 5.13. The van der Waals surface area contributed by atoms with Crippen LogP contribution < -0.4 is 4.74 Å². The van der Waals surface area contributed by atoms with Crippen LogP contribution in [0, 0.1) is 5.92 Å². The highest BCUT2D eigenvalue weighted by molar-refractivity contribution is 7.89. The Bertz CT molecular complexity index is 859. The number of sulfonamides is 1. The third-order valence-electron chi connectivity index (χ3n) is 5.26. The Morgan fingerprint density at radius 3 is 2.85 bits per heavy atom. The number of piperidine rings is 1. The number of fused-ring (bicyclic) bond motifs is 1. The summed E-state index contributed by atoms with van der Waals surface area (Å²) in [5, 5.41) is 10.4. The van der Waals surface area contributed by atoms with Gasteiger partial charge in [-0.1, -0.05) is 0 Å². The van der Waals surface area contributed by atoms with Crippen molar-refractivity contribution in [3.63, 3.8) is 0 Å². The first-order valence-corrected chi connectivity index (χ1v) is 10.4. The summed E-state index contributed by atoms with van der Waals surface area (Å²) in [5.41, 5.74) is 0.959. The summed E-state index contributed by atoms with van der Waals surface area (Å²) in [7, 11) is -3.53. The molecule has 2 N–H and O–H groups in total. The number of aliphatic hydroxyl groups is 1. The van der Waals surface area contributed by atoms with Gasteiger partial charge in [-0.25, -0.2) is 13.4 Å². The highest BCUT2D eigenvalue weighted by Crippen LogP contribution is 2.33. The Labute approximate surface area is 153 Å². The fraction of sp³-hybridized carbons (Fsp3) is 0.500. The van der Waals surface area contributed by atoms with E-state index in [4.69, 9.17) is 4.74 Å². The quantitative estimate of drug-likeness (QED) is 0.848. The van der Waals surface area contributed by atoms with Gasteiger partial charge in [0.2, 0.25) is 10.0 Å². The van der Waals surface area contributed by atoms with Crippen LogP contribution in [0.2, 0.25) is 0 Å². The molecule has 1 aromatic heterocycles. The van der Waals surface area contributed by atoms with Crippen LogP contribution in [0.1, 0.15) is 36.8 Å². The van der Waals surface area contributed by atoms with E-state index in [0.29, 0.717) is 43.3 Å². The van der Waals surface area contributed by atoms with E-state index in [1.54, 1.807) is 30.6 Å². The number of H-pyrrole nitrogens is 1. The molecule has 0 amide bonds. The molecule has 1 fully saturated rings. The summed E-state index contributed by atoms with van der Waals surface area (Å²) >= 11 is 0. The van der Waals surface area contributed by atoms with E-state index < -0.39 is 16.1 Å². The molecule has 0 spiro atoms. The molecule has 0 bridgehead atoms. The molecule has 1 unspecified atom stereocenters. The molecule has 8 heteroatoms. The Balaban J connectivity index is 1.46. The second-order valence-corrected chi connectivity index (χ2v) is 8.82. The first kappa shape index (κ1) is 17.5. The molecule has 0 radical (unpaired) electrons. The summed E-state index contributed by atoms with van der Waals surface area (Å²) in [4.78, 5) is 7.35. The highest BCUT2D eigenvalue weighted by Gasteiger charge is 2.33. The highest BCUT2D eigenvalue weighted by atomic mass is 32.2. The Kier molecular flexibility index (Phi) is 4.73. The number of hydrogen-bond acceptors (Lipinski definition) is 5. The lowest BCUT2D eigenvalue weighted by atomic mass is 9.92. The minimum atomic E-state index is -3.53. The van der Waals surface area contributed by atoms with Crippen molar-refractivity contribution in [2.24, 2.45) is 5.92 Å². The molecule has 1 saturated heterocycles. The maximum absolute atomic E-state index is 13.0. The van der Waals surface area contributed by atoms with Crippen LogP contribution in [-0.2, 0) is 16.4 Å². The zero-order valence-electron chi connectivity index (χ0n) is 14.5. The Hall–Kier alpha value is -1.90. The number of nitrogens with zero attached hydrogens (tertiary/aromatic N) is 2. The number of aliphatic hydroxyl groups excluding tert-OH is 1. The van der Waals surface area contributed by atoms with Gasteiger partial charge in [0.25, 0.3) is 0 Å². The molecule has 3 heterocycles. The standard InChI is InChI=1S/C18H23N3O4S/c22-17(18-19-7-8-20-18)13-5-9-21(10-6-13)26(23,24)15-3-4-16-14(12-15)2-1-11-25-16/h3-4,7-8,12-13,17,22H,1-2,5-6,9-11H2,(H,19,20). The zero-order valence-corrected chi connectivity index (χ0v) is 15.3. The van der Waals surface area contributed by atoms with Gasteiger partial charge in [0.1, 0.15) is 17.7 Å². The maximum atomic E-state index is 13.0. The molecular formula is C18H23N3O4S. The monoisotopic (exact) mass is 377 g/mol. The number of imidazole rings is 1.